The summed E-state index contributed by atoms with van der Waals surface area (Å²) < 4.78 is 3.18. The number of hydrogen-bond acceptors (Lipinski definition) is 4. The van der Waals surface area contributed by atoms with E-state index in [9.17, 15) is 9.59 Å². The van der Waals surface area contributed by atoms with Crippen LogP contribution in [-0.2, 0) is 6.54 Å². The number of amides is 1. The second-order valence-corrected chi connectivity index (χ2v) is 7.39. The first-order valence-electron chi connectivity index (χ1n) is 9.56. The number of hydrogen-bond donors (Lipinski definition) is 2. The van der Waals surface area contributed by atoms with E-state index >= 15 is 0 Å². The summed E-state index contributed by atoms with van der Waals surface area (Å²) in [6, 6.07) is 5.43. The summed E-state index contributed by atoms with van der Waals surface area (Å²) in [5.41, 5.74) is 8.34. The summed E-state index contributed by atoms with van der Waals surface area (Å²) in [5, 5.41) is 3.41. The molecule has 0 spiro atoms. The number of nitrogens with one attached hydrogen (secondary N) is 1. The zero-order valence-electron chi connectivity index (χ0n) is 15.9. The molecule has 1 amide bonds. The standard InChI is InChI=1S/C21H23N5O2/c1-3-10-25-18(22)15(20(27)23-14-6-4-5-7-14)11-16-19(25)24-17-9-8-13(2)12-26(17)21(16)28/h3,8-9,11-12,14,22H,1,4-7,10H2,2H3,(H,23,27)/p+1. The largest absolute Gasteiger partial charge is 0.349 e. The minimum absolute atomic E-state index is 0.161. The third kappa shape index (κ3) is 3.02. The van der Waals surface area contributed by atoms with Crippen molar-refractivity contribution >= 4 is 28.4 Å². The summed E-state index contributed by atoms with van der Waals surface area (Å²) in [6.07, 6.45) is 7.60. The molecular weight excluding hydrogens is 354 g/mol. The van der Waals surface area contributed by atoms with Gasteiger partial charge in [0.05, 0.1) is 6.54 Å². The fourth-order valence-corrected chi connectivity index (χ4v) is 3.89. The molecule has 0 bridgehead atoms. The van der Waals surface area contributed by atoms with E-state index in [1.165, 1.54) is 4.40 Å². The predicted octanol–water partition coefficient (Wildman–Crippen LogP) is 1.88. The van der Waals surface area contributed by atoms with Crippen LogP contribution < -0.4 is 21.2 Å². The van der Waals surface area contributed by atoms with E-state index in [2.05, 4.69) is 16.9 Å². The van der Waals surface area contributed by atoms with Crippen LogP contribution in [0.25, 0.3) is 16.7 Å². The van der Waals surface area contributed by atoms with Crippen LogP contribution >= 0.6 is 0 Å². The molecule has 7 heteroatoms. The molecule has 0 aliphatic heterocycles. The third-order valence-corrected chi connectivity index (χ3v) is 5.34. The van der Waals surface area contributed by atoms with Crippen LogP contribution in [0.2, 0.25) is 0 Å². The molecule has 3 aromatic rings. The fourth-order valence-electron chi connectivity index (χ4n) is 3.89. The lowest BCUT2D eigenvalue weighted by Gasteiger charge is -2.14. The van der Waals surface area contributed by atoms with E-state index in [4.69, 9.17) is 5.73 Å². The molecule has 1 aliphatic carbocycles. The van der Waals surface area contributed by atoms with Crippen molar-refractivity contribution in [3.8, 4) is 0 Å². The van der Waals surface area contributed by atoms with Crippen LogP contribution in [0.1, 0.15) is 41.6 Å². The number of nitrogen functional groups attached to an aromatic ring is 1. The van der Waals surface area contributed by atoms with Crippen molar-refractivity contribution in [1.29, 1.82) is 0 Å². The number of pyridine rings is 2. The lowest BCUT2D eigenvalue weighted by atomic mass is 10.1. The summed E-state index contributed by atoms with van der Waals surface area (Å²) in [6.45, 7) is 6.03. The van der Waals surface area contributed by atoms with Crippen molar-refractivity contribution < 1.29 is 9.36 Å². The van der Waals surface area contributed by atoms with E-state index in [0.717, 1.165) is 31.2 Å². The van der Waals surface area contributed by atoms with Crippen molar-refractivity contribution in [2.75, 3.05) is 5.73 Å². The number of carbonyl (C=O) groups is 1. The Kier molecular flexibility index (Phi) is 4.58. The summed E-state index contributed by atoms with van der Waals surface area (Å²) >= 11 is 0. The molecule has 0 unspecified atom stereocenters. The minimum atomic E-state index is -0.252. The molecule has 1 fully saturated rings. The molecule has 3 N–H and O–H groups in total. The van der Waals surface area contributed by atoms with E-state index in [0.29, 0.717) is 28.8 Å². The number of nitrogens with two attached hydrogens (primary N) is 1. The zero-order valence-corrected chi connectivity index (χ0v) is 15.9. The van der Waals surface area contributed by atoms with E-state index in [1.807, 2.05) is 13.0 Å². The van der Waals surface area contributed by atoms with Gasteiger partial charge in [-0.1, -0.05) is 36.5 Å². The van der Waals surface area contributed by atoms with Crippen LogP contribution in [-0.4, -0.2) is 21.3 Å². The second-order valence-electron chi connectivity index (χ2n) is 7.39. The topological polar surface area (TPSA) is 93.4 Å². The number of aromatic nitrogens is 3. The molecule has 0 atom stereocenters. The summed E-state index contributed by atoms with van der Waals surface area (Å²) in [5.74, 6) is 0.0316. The molecule has 7 nitrogen and oxygen atoms in total. The highest BCUT2D eigenvalue weighted by Gasteiger charge is 2.26. The van der Waals surface area contributed by atoms with Gasteiger partial charge in [0.15, 0.2) is 0 Å². The Morgan fingerprint density at radius 3 is 2.89 bits per heavy atom. The first-order chi connectivity index (χ1) is 13.5. The van der Waals surface area contributed by atoms with Gasteiger partial charge < -0.3 is 11.1 Å². The maximum Gasteiger partial charge on any atom is 0.278 e. The summed E-state index contributed by atoms with van der Waals surface area (Å²) in [7, 11) is 0. The number of nitrogens with zero attached hydrogens (tertiary/aromatic N) is 3. The van der Waals surface area contributed by atoms with Crippen LogP contribution in [0.5, 0.6) is 0 Å². The highest BCUT2D eigenvalue weighted by atomic mass is 16.2. The quantitative estimate of drug-likeness (QED) is 0.412. The van der Waals surface area contributed by atoms with Gasteiger partial charge >= 0.3 is 0 Å². The maximum atomic E-state index is 13.1. The Bertz CT molecular complexity index is 1160. The number of anilines is 1. The van der Waals surface area contributed by atoms with Crippen molar-refractivity contribution in [3.05, 3.63) is 58.5 Å². The predicted molar refractivity (Wildman–Crippen MR) is 108 cm³/mol. The number of carbonyl (C=O) groups excluding carboxylic acids is 1. The average Bonchev–Trinajstić information content (AvgIpc) is 3.18. The van der Waals surface area contributed by atoms with Crippen LogP contribution in [0.15, 0.2) is 41.8 Å². The number of aryl methyl sites for hydroxylation is 1. The SMILES string of the molecule is C=CC[n+]1c(N)c(C(=O)NC2CCCC2)cc2c(=O)n3cc(C)ccc3nc21. The van der Waals surface area contributed by atoms with E-state index < -0.39 is 0 Å². The van der Waals surface area contributed by atoms with Crippen LogP contribution in [0, 0.1) is 6.92 Å². The third-order valence-electron chi connectivity index (χ3n) is 5.34. The summed E-state index contributed by atoms with van der Waals surface area (Å²) in [4.78, 5) is 30.7. The molecule has 0 saturated heterocycles. The molecule has 4 rings (SSSR count). The van der Waals surface area contributed by atoms with Gasteiger partial charge in [-0.2, -0.15) is 0 Å². The Balaban J connectivity index is 1.95. The van der Waals surface area contributed by atoms with Gasteiger partial charge in [-0.15, -0.1) is 0 Å². The molecule has 1 aliphatic rings. The molecule has 28 heavy (non-hydrogen) atoms. The molecule has 3 heterocycles. The van der Waals surface area contributed by atoms with Gasteiger partial charge in [0.2, 0.25) is 11.5 Å². The number of allylic oxidation sites excluding steroid dienone is 1. The van der Waals surface area contributed by atoms with E-state index in [-0.39, 0.29) is 23.3 Å². The average molecular weight is 378 g/mol. The molecule has 0 radical (unpaired) electrons. The Morgan fingerprint density at radius 1 is 1.43 bits per heavy atom. The lowest BCUT2D eigenvalue weighted by Crippen LogP contribution is -2.43. The molecule has 144 valence electrons. The highest BCUT2D eigenvalue weighted by molar-refractivity contribution is 6.00. The van der Waals surface area contributed by atoms with Crippen LogP contribution in [0.3, 0.4) is 0 Å². The normalized spacial score (nSPS) is 14.6. The van der Waals surface area contributed by atoms with Crippen molar-refractivity contribution in [3.63, 3.8) is 0 Å². The van der Waals surface area contributed by atoms with Gasteiger partial charge in [-0.25, -0.2) is 4.57 Å². The van der Waals surface area contributed by atoms with Crippen molar-refractivity contribution in [1.82, 2.24) is 14.7 Å². The number of fused-ring (bicyclic) bond motifs is 2. The molecule has 3 aromatic heterocycles. The van der Waals surface area contributed by atoms with Gasteiger partial charge in [0.25, 0.3) is 17.1 Å². The second kappa shape index (κ2) is 7.07. The molecular formula is C21H24N5O2+. The Labute approximate surface area is 162 Å². The van der Waals surface area contributed by atoms with Gasteiger partial charge in [0.1, 0.15) is 10.9 Å². The minimum Gasteiger partial charge on any atom is -0.349 e. The first-order valence-corrected chi connectivity index (χ1v) is 9.56. The smallest absolute Gasteiger partial charge is 0.278 e. The fraction of sp³-hybridized carbons (Fsp3) is 0.333. The highest BCUT2D eigenvalue weighted by Crippen LogP contribution is 2.20. The van der Waals surface area contributed by atoms with Gasteiger partial charge in [-0.3, -0.25) is 14.0 Å². The molecule has 1 saturated carbocycles. The van der Waals surface area contributed by atoms with Crippen molar-refractivity contribution in [2.24, 2.45) is 0 Å². The number of rotatable bonds is 4. The molecule has 0 aromatic carbocycles. The Morgan fingerprint density at radius 2 is 2.18 bits per heavy atom. The lowest BCUT2D eigenvalue weighted by molar-refractivity contribution is -0.648. The van der Waals surface area contributed by atoms with Crippen molar-refractivity contribution in [2.45, 2.75) is 45.2 Å². The monoisotopic (exact) mass is 378 g/mol. The zero-order chi connectivity index (χ0) is 19.8. The van der Waals surface area contributed by atoms with Gasteiger partial charge in [0, 0.05) is 12.2 Å². The van der Waals surface area contributed by atoms with Gasteiger partial charge in [-0.05, 0) is 37.5 Å². The van der Waals surface area contributed by atoms with Crippen LogP contribution in [0.4, 0.5) is 5.82 Å². The van der Waals surface area contributed by atoms with E-state index in [1.54, 1.807) is 29.0 Å². The first kappa shape index (κ1) is 18.2. The maximum absolute atomic E-state index is 13.1. The Hall–Kier alpha value is -3.22.